The first kappa shape index (κ1) is 12.4. The van der Waals surface area contributed by atoms with Gasteiger partial charge < -0.3 is 9.84 Å². The van der Waals surface area contributed by atoms with E-state index in [2.05, 4.69) is 9.46 Å². The molecule has 0 amide bonds. The van der Waals surface area contributed by atoms with Crippen LogP contribution in [0.1, 0.15) is 12.8 Å². The molecule has 1 rings (SSSR count). The Morgan fingerprint density at radius 3 is 2.60 bits per heavy atom. The Bertz CT molecular complexity index is 322. The lowest BCUT2D eigenvalue weighted by Crippen LogP contribution is -2.39. The molecule has 0 saturated heterocycles. The molecule has 1 fully saturated rings. The highest BCUT2D eigenvalue weighted by molar-refractivity contribution is 7.89. The van der Waals surface area contributed by atoms with E-state index in [1.54, 1.807) is 0 Å². The third-order valence-corrected chi connectivity index (χ3v) is 3.72. The van der Waals surface area contributed by atoms with Gasteiger partial charge in [-0.15, -0.1) is 0 Å². The molecule has 1 atom stereocenters. The van der Waals surface area contributed by atoms with Crippen LogP contribution in [0.5, 0.6) is 0 Å². The third kappa shape index (κ3) is 4.59. The van der Waals surface area contributed by atoms with E-state index < -0.39 is 22.1 Å². The molecule has 6 nitrogen and oxygen atoms in total. The molecule has 0 bridgehead atoms. The summed E-state index contributed by atoms with van der Waals surface area (Å²) in [5.41, 5.74) is 0. The lowest BCUT2D eigenvalue weighted by atomic mass is 10.4. The number of carboxylic acid groups (broad SMARTS) is 1. The molecule has 1 saturated carbocycles. The number of ether oxygens (including phenoxy) is 1. The Morgan fingerprint density at radius 2 is 2.20 bits per heavy atom. The lowest BCUT2D eigenvalue weighted by molar-refractivity contribution is -0.147. The smallest absolute Gasteiger partial charge is 0.334 e. The van der Waals surface area contributed by atoms with Crippen molar-refractivity contribution in [2.75, 3.05) is 19.4 Å². The fourth-order valence-electron chi connectivity index (χ4n) is 1.13. The van der Waals surface area contributed by atoms with Gasteiger partial charge in [-0.2, -0.15) is 0 Å². The summed E-state index contributed by atoms with van der Waals surface area (Å²) in [5.74, 6) is -0.844. The SMILES string of the molecule is COC(CNS(=O)(=O)CC1CC1)C(=O)O. The molecule has 0 spiro atoms. The Hall–Kier alpha value is -0.660. The summed E-state index contributed by atoms with van der Waals surface area (Å²) in [4.78, 5) is 10.5. The van der Waals surface area contributed by atoms with Crippen molar-refractivity contribution in [2.24, 2.45) is 5.92 Å². The average molecular weight is 237 g/mol. The third-order valence-electron chi connectivity index (χ3n) is 2.20. The summed E-state index contributed by atoms with van der Waals surface area (Å²) in [6.07, 6.45) is 0.750. The molecule has 0 aromatic carbocycles. The number of hydrogen-bond donors (Lipinski definition) is 2. The topological polar surface area (TPSA) is 92.7 Å². The largest absolute Gasteiger partial charge is 0.479 e. The minimum absolute atomic E-state index is 0.0864. The van der Waals surface area contributed by atoms with Crippen LogP contribution in [0.25, 0.3) is 0 Å². The summed E-state index contributed by atoms with van der Waals surface area (Å²) in [6.45, 7) is -0.221. The van der Waals surface area contributed by atoms with Crippen molar-refractivity contribution in [3.8, 4) is 0 Å². The molecular weight excluding hydrogens is 222 g/mol. The quantitative estimate of drug-likeness (QED) is 0.617. The van der Waals surface area contributed by atoms with Crippen LogP contribution in [0.15, 0.2) is 0 Å². The van der Waals surface area contributed by atoms with Crippen molar-refractivity contribution >= 4 is 16.0 Å². The van der Waals surface area contributed by atoms with Gasteiger partial charge in [0.05, 0.1) is 5.75 Å². The molecule has 1 aliphatic rings. The number of methoxy groups -OCH3 is 1. The lowest BCUT2D eigenvalue weighted by Gasteiger charge is -2.11. The van der Waals surface area contributed by atoms with Gasteiger partial charge in [-0.05, 0) is 18.8 Å². The zero-order chi connectivity index (χ0) is 11.5. The number of nitrogens with one attached hydrogen (secondary N) is 1. The number of sulfonamides is 1. The molecule has 0 aromatic heterocycles. The molecule has 1 unspecified atom stereocenters. The summed E-state index contributed by atoms with van der Waals surface area (Å²) >= 11 is 0. The standard InChI is InChI=1S/C8H15NO5S/c1-14-7(8(10)11)4-9-15(12,13)5-6-2-3-6/h6-7,9H,2-5H2,1H3,(H,10,11). The predicted octanol–water partition coefficient (Wildman–Crippen LogP) is -0.585. The van der Waals surface area contributed by atoms with Crippen molar-refractivity contribution in [3.05, 3.63) is 0 Å². The van der Waals surface area contributed by atoms with Crippen LogP contribution in [-0.2, 0) is 19.6 Å². The Morgan fingerprint density at radius 1 is 1.60 bits per heavy atom. The van der Waals surface area contributed by atoms with Gasteiger partial charge in [-0.25, -0.2) is 17.9 Å². The Labute approximate surface area is 88.7 Å². The maximum Gasteiger partial charge on any atom is 0.334 e. The van der Waals surface area contributed by atoms with Crippen LogP contribution in [0, 0.1) is 5.92 Å². The number of carboxylic acids is 1. The van der Waals surface area contributed by atoms with E-state index in [9.17, 15) is 13.2 Å². The minimum Gasteiger partial charge on any atom is -0.479 e. The predicted molar refractivity (Wildman–Crippen MR) is 52.9 cm³/mol. The molecule has 2 N–H and O–H groups in total. The van der Waals surface area contributed by atoms with Crippen molar-refractivity contribution in [3.63, 3.8) is 0 Å². The van der Waals surface area contributed by atoms with E-state index in [1.807, 2.05) is 0 Å². The number of carbonyl (C=O) groups is 1. The minimum atomic E-state index is -3.35. The maximum absolute atomic E-state index is 11.4. The van der Waals surface area contributed by atoms with E-state index >= 15 is 0 Å². The second-order valence-corrected chi connectivity index (χ2v) is 5.49. The van der Waals surface area contributed by atoms with E-state index in [0.717, 1.165) is 12.8 Å². The van der Waals surface area contributed by atoms with Gasteiger partial charge in [0.2, 0.25) is 10.0 Å². The number of rotatable bonds is 7. The maximum atomic E-state index is 11.4. The highest BCUT2D eigenvalue weighted by atomic mass is 32.2. The molecule has 1 aliphatic carbocycles. The number of aliphatic carboxylic acids is 1. The van der Waals surface area contributed by atoms with Crippen molar-refractivity contribution in [1.82, 2.24) is 4.72 Å². The fraction of sp³-hybridized carbons (Fsp3) is 0.875. The van der Waals surface area contributed by atoms with Crippen LogP contribution in [0.4, 0.5) is 0 Å². The molecule has 0 aliphatic heterocycles. The molecule has 0 radical (unpaired) electrons. The second kappa shape index (κ2) is 4.91. The number of hydrogen-bond acceptors (Lipinski definition) is 4. The van der Waals surface area contributed by atoms with Gasteiger partial charge in [-0.1, -0.05) is 0 Å². The van der Waals surface area contributed by atoms with Crippen molar-refractivity contribution < 1.29 is 23.1 Å². The van der Waals surface area contributed by atoms with E-state index in [0.29, 0.717) is 0 Å². The first-order valence-corrected chi connectivity index (χ1v) is 6.33. The Kier molecular flexibility index (Phi) is 4.06. The van der Waals surface area contributed by atoms with E-state index in [4.69, 9.17) is 5.11 Å². The monoisotopic (exact) mass is 237 g/mol. The van der Waals surface area contributed by atoms with Gasteiger partial charge in [0.15, 0.2) is 6.10 Å². The molecule has 15 heavy (non-hydrogen) atoms. The molecular formula is C8H15NO5S. The first-order valence-electron chi connectivity index (χ1n) is 4.67. The van der Waals surface area contributed by atoms with Crippen molar-refractivity contribution in [1.29, 1.82) is 0 Å². The normalized spacial score (nSPS) is 18.7. The zero-order valence-electron chi connectivity index (χ0n) is 8.47. The Balaban J connectivity index is 2.36. The summed E-state index contributed by atoms with van der Waals surface area (Å²) < 4.78 is 29.6. The van der Waals surface area contributed by atoms with Gasteiger partial charge >= 0.3 is 5.97 Å². The van der Waals surface area contributed by atoms with Gasteiger partial charge in [-0.3, -0.25) is 0 Å². The summed E-state index contributed by atoms with van der Waals surface area (Å²) in [6, 6.07) is 0. The van der Waals surface area contributed by atoms with Gasteiger partial charge in [0.25, 0.3) is 0 Å². The highest BCUT2D eigenvalue weighted by Gasteiger charge is 2.28. The highest BCUT2D eigenvalue weighted by Crippen LogP contribution is 2.29. The van der Waals surface area contributed by atoms with Crippen LogP contribution in [0.3, 0.4) is 0 Å². The first-order chi connectivity index (χ1) is 6.94. The van der Waals surface area contributed by atoms with E-state index in [-0.39, 0.29) is 18.2 Å². The van der Waals surface area contributed by atoms with Crippen LogP contribution in [-0.4, -0.2) is 45.0 Å². The van der Waals surface area contributed by atoms with Crippen LogP contribution < -0.4 is 4.72 Å². The molecule has 0 aromatic rings. The van der Waals surface area contributed by atoms with E-state index in [1.165, 1.54) is 7.11 Å². The average Bonchev–Trinajstić information content (AvgIpc) is 2.87. The van der Waals surface area contributed by atoms with Crippen LogP contribution in [0.2, 0.25) is 0 Å². The van der Waals surface area contributed by atoms with Gasteiger partial charge in [0.1, 0.15) is 0 Å². The summed E-state index contributed by atoms with van der Waals surface area (Å²) in [5, 5.41) is 8.60. The molecule has 88 valence electrons. The van der Waals surface area contributed by atoms with Crippen LogP contribution >= 0.6 is 0 Å². The van der Waals surface area contributed by atoms with Gasteiger partial charge in [0, 0.05) is 13.7 Å². The fourth-order valence-corrected chi connectivity index (χ4v) is 2.60. The molecule has 0 heterocycles. The van der Waals surface area contributed by atoms with Crippen molar-refractivity contribution in [2.45, 2.75) is 18.9 Å². The molecule has 7 heteroatoms. The zero-order valence-corrected chi connectivity index (χ0v) is 9.29. The second-order valence-electron chi connectivity index (χ2n) is 3.64. The summed E-state index contributed by atoms with van der Waals surface area (Å²) in [7, 11) is -2.12.